The Morgan fingerprint density at radius 2 is 1.96 bits per heavy atom. The van der Waals surface area contributed by atoms with Crippen LogP contribution < -0.4 is 9.47 Å². The van der Waals surface area contributed by atoms with E-state index in [0.29, 0.717) is 30.9 Å². The molecule has 4 rings (SSSR count). The number of rotatable bonds is 3. The van der Waals surface area contributed by atoms with Gasteiger partial charge in [0, 0.05) is 18.9 Å². The van der Waals surface area contributed by atoms with Crippen molar-refractivity contribution in [3.8, 4) is 11.5 Å². The smallest absolute Gasteiger partial charge is 0.307 e. The van der Waals surface area contributed by atoms with Crippen LogP contribution in [0.15, 0.2) is 12.1 Å². The molecule has 1 saturated heterocycles. The molecule has 1 aromatic rings. The van der Waals surface area contributed by atoms with Crippen molar-refractivity contribution in [2.75, 3.05) is 20.8 Å². The van der Waals surface area contributed by atoms with Crippen LogP contribution >= 0.6 is 0 Å². The molecule has 1 aromatic carbocycles. The van der Waals surface area contributed by atoms with Crippen molar-refractivity contribution in [1.29, 1.82) is 0 Å². The summed E-state index contributed by atoms with van der Waals surface area (Å²) in [7, 11) is 3.20. The lowest BCUT2D eigenvalue weighted by Crippen LogP contribution is -2.49. The Morgan fingerprint density at radius 3 is 2.60 bits per heavy atom. The van der Waals surface area contributed by atoms with Gasteiger partial charge in [0.05, 0.1) is 25.7 Å². The standard InChI is InChI=1S/C19H23NO5/c1-10-9-19-12-7-15(25-3)14(24-2)6-11(12)4-5-20(19)16(21)8-13(19)17(10)18(22)23/h6-7,10,13,17H,4-5,8-9H2,1-3H3,(H,22,23)/t10-,13?,17+,19?/m0/s1. The molecule has 4 atom stereocenters. The van der Waals surface area contributed by atoms with Gasteiger partial charge >= 0.3 is 5.97 Å². The maximum Gasteiger partial charge on any atom is 0.307 e. The zero-order chi connectivity index (χ0) is 17.9. The molecule has 0 aromatic heterocycles. The topological polar surface area (TPSA) is 76.1 Å². The van der Waals surface area contributed by atoms with Crippen LogP contribution in [0.4, 0.5) is 0 Å². The third-order valence-corrected chi connectivity index (χ3v) is 6.44. The molecule has 25 heavy (non-hydrogen) atoms. The number of benzene rings is 1. The van der Waals surface area contributed by atoms with Crippen LogP contribution in [-0.4, -0.2) is 42.6 Å². The Hall–Kier alpha value is -2.24. The van der Waals surface area contributed by atoms with E-state index in [1.54, 1.807) is 14.2 Å². The van der Waals surface area contributed by atoms with Crippen LogP contribution in [-0.2, 0) is 21.5 Å². The molecule has 0 radical (unpaired) electrons. The summed E-state index contributed by atoms with van der Waals surface area (Å²) in [4.78, 5) is 26.5. The molecule has 1 amide bonds. The number of nitrogens with zero attached hydrogens (tertiary/aromatic N) is 1. The van der Waals surface area contributed by atoms with Gasteiger partial charge in [-0.05, 0) is 42.0 Å². The molecule has 3 aliphatic rings. The minimum atomic E-state index is -0.795. The first-order valence-electron chi connectivity index (χ1n) is 8.72. The van der Waals surface area contributed by atoms with E-state index in [1.165, 1.54) is 0 Å². The number of hydrogen-bond acceptors (Lipinski definition) is 4. The number of carboxylic acid groups (broad SMARTS) is 1. The zero-order valence-electron chi connectivity index (χ0n) is 14.7. The van der Waals surface area contributed by atoms with Gasteiger partial charge in [0.15, 0.2) is 11.5 Å². The molecule has 134 valence electrons. The van der Waals surface area contributed by atoms with Crippen LogP contribution in [0.1, 0.15) is 30.9 Å². The summed E-state index contributed by atoms with van der Waals surface area (Å²) < 4.78 is 10.9. The first kappa shape index (κ1) is 16.2. The molecular weight excluding hydrogens is 322 g/mol. The van der Waals surface area contributed by atoms with E-state index in [0.717, 1.165) is 17.5 Å². The van der Waals surface area contributed by atoms with E-state index in [-0.39, 0.29) is 17.7 Å². The first-order valence-corrected chi connectivity index (χ1v) is 8.72. The van der Waals surface area contributed by atoms with Crippen LogP contribution in [0.5, 0.6) is 11.5 Å². The Bertz CT molecular complexity index is 760. The van der Waals surface area contributed by atoms with Crippen molar-refractivity contribution in [2.24, 2.45) is 17.8 Å². The van der Waals surface area contributed by atoms with Gasteiger partial charge < -0.3 is 19.5 Å². The number of carbonyl (C=O) groups is 2. The number of fused-ring (bicyclic) bond motifs is 1. The molecule has 1 saturated carbocycles. The predicted molar refractivity (Wildman–Crippen MR) is 89.7 cm³/mol. The summed E-state index contributed by atoms with van der Waals surface area (Å²) in [5.74, 6) is -0.0789. The molecule has 0 bridgehead atoms. The normalized spacial score (nSPS) is 32.8. The lowest BCUT2D eigenvalue weighted by Gasteiger charge is -2.44. The quantitative estimate of drug-likeness (QED) is 0.907. The van der Waals surface area contributed by atoms with E-state index in [1.807, 2.05) is 24.0 Å². The predicted octanol–water partition coefficient (Wildman–Crippen LogP) is 2.04. The number of aliphatic carboxylic acids is 1. The Balaban J connectivity index is 1.93. The first-order chi connectivity index (χ1) is 11.9. The number of carbonyl (C=O) groups excluding carboxylic acids is 1. The summed E-state index contributed by atoms with van der Waals surface area (Å²) >= 11 is 0. The summed E-state index contributed by atoms with van der Waals surface area (Å²) in [5.41, 5.74) is 1.65. The molecule has 2 aliphatic heterocycles. The molecular formula is C19H23NO5. The number of hydrogen-bond donors (Lipinski definition) is 1. The fraction of sp³-hybridized carbons (Fsp3) is 0.579. The van der Waals surface area contributed by atoms with E-state index in [4.69, 9.17) is 9.47 Å². The van der Waals surface area contributed by atoms with Gasteiger partial charge in [-0.3, -0.25) is 9.59 Å². The van der Waals surface area contributed by atoms with Crippen molar-refractivity contribution in [1.82, 2.24) is 4.90 Å². The van der Waals surface area contributed by atoms with E-state index >= 15 is 0 Å². The molecule has 6 heteroatoms. The van der Waals surface area contributed by atoms with Gasteiger partial charge in [0.1, 0.15) is 0 Å². The van der Waals surface area contributed by atoms with Crippen molar-refractivity contribution in [3.05, 3.63) is 23.3 Å². The van der Waals surface area contributed by atoms with Crippen molar-refractivity contribution >= 4 is 11.9 Å². The summed E-state index contributed by atoms with van der Waals surface area (Å²) in [6, 6.07) is 3.95. The highest BCUT2D eigenvalue weighted by Gasteiger charge is 2.65. The molecule has 2 heterocycles. The number of carboxylic acids is 1. The van der Waals surface area contributed by atoms with Crippen molar-refractivity contribution < 1.29 is 24.2 Å². The second kappa shape index (κ2) is 5.38. The fourth-order valence-corrected chi connectivity index (χ4v) is 5.55. The highest BCUT2D eigenvalue weighted by molar-refractivity contribution is 5.84. The van der Waals surface area contributed by atoms with Crippen LogP contribution in [0, 0.1) is 17.8 Å². The fourth-order valence-electron chi connectivity index (χ4n) is 5.55. The Kier molecular flexibility index (Phi) is 3.49. The minimum absolute atomic E-state index is 0.0251. The highest BCUT2D eigenvalue weighted by Crippen LogP contribution is 2.61. The summed E-state index contributed by atoms with van der Waals surface area (Å²) in [5, 5.41) is 9.76. The highest BCUT2D eigenvalue weighted by atomic mass is 16.5. The van der Waals surface area contributed by atoms with E-state index in [2.05, 4.69) is 0 Å². The molecule has 6 nitrogen and oxygen atoms in total. The summed E-state index contributed by atoms with van der Waals surface area (Å²) in [6.07, 6.45) is 1.75. The lowest BCUT2D eigenvalue weighted by atomic mass is 9.74. The van der Waals surface area contributed by atoms with Gasteiger partial charge in [0.2, 0.25) is 5.91 Å². The molecule has 2 unspecified atom stereocenters. The maximum absolute atomic E-state index is 12.7. The zero-order valence-corrected chi connectivity index (χ0v) is 14.7. The van der Waals surface area contributed by atoms with E-state index in [9.17, 15) is 14.7 Å². The SMILES string of the molecule is COc1cc2c(cc1OC)C13C[C@H](C)[C@@H](C(=O)O)C1CC(=O)N3CC2. The monoisotopic (exact) mass is 345 g/mol. The van der Waals surface area contributed by atoms with Crippen molar-refractivity contribution in [3.63, 3.8) is 0 Å². The van der Waals surface area contributed by atoms with E-state index < -0.39 is 17.4 Å². The Morgan fingerprint density at radius 1 is 1.28 bits per heavy atom. The average Bonchev–Trinajstić information content (AvgIpc) is 3.01. The third kappa shape index (κ3) is 1.96. The number of ether oxygens (including phenoxy) is 2. The molecule has 1 N–H and O–H groups in total. The second-order valence-electron chi connectivity index (χ2n) is 7.44. The van der Waals surface area contributed by atoms with Gasteiger partial charge in [-0.2, -0.15) is 0 Å². The number of methoxy groups -OCH3 is 2. The van der Waals surface area contributed by atoms with Gasteiger partial charge in [-0.1, -0.05) is 6.92 Å². The molecule has 1 aliphatic carbocycles. The van der Waals surface area contributed by atoms with Gasteiger partial charge in [-0.25, -0.2) is 0 Å². The third-order valence-electron chi connectivity index (χ3n) is 6.44. The minimum Gasteiger partial charge on any atom is -0.493 e. The molecule has 1 spiro atoms. The lowest BCUT2D eigenvalue weighted by molar-refractivity contribution is -0.144. The maximum atomic E-state index is 12.7. The molecule has 2 fully saturated rings. The van der Waals surface area contributed by atoms with Crippen LogP contribution in [0.25, 0.3) is 0 Å². The van der Waals surface area contributed by atoms with Gasteiger partial charge in [0.25, 0.3) is 0 Å². The second-order valence-corrected chi connectivity index (χ2v) is 7.44. The average molecular weight is 345 g/mol. The number of amides is 1. The van der Waals surface area contributed by atoms with Crippen LogP contribution in [0.2, 0.25) is 0 Å². The van der Waals surface area contributed by atoms with Gasteiger partial charge in [-0.15, -0.1) is 0 Å². The largest absolute Gasteiger partial charge is 0.493 e. The van der Waals surface area contributed by atoms with Crippen molar-refractivity contribution in [2.45, 2.75) is 31.7 Å². The summed E-state index contributed by atoms with van der Waals surface area (Å²) in [6.45, 7) is 2.63. The van der Waals surface area contributed by atoms with Crippen LogP contribution in [0.3, 0.4) is 0 Å². The Labute approximate surface area is 146 Å².